The standard InChI is InChI=1S/C23H22F3N3O4/c1-33-18-9-16-13(10-29(22(16)32)14-4-2-12(11-30)3-5-14)8-17(18)15-6-7-19(23(24,25)26)28-20(15)21(27)31/h6-9,11-12,14H,2-5,10H2,1H3,(H2,27,31). The van der Waals surface area contributed by atoms with E-state index < -0.39 is 23.5 Å². The highest BCUT2D eigenvalue weighted by Gasteiger charge is 2.37. The highest BCUT2D eigenvalue weighted by molar-refractivity contribution is 6.02. The molecule has 2 N–H and O–H groups in total. The molecule has 4 rings (SSSR count). The molecule has 2 heterocycles. The lowest BCUT2D eigenvalue weighted by Crippen LogP contribution is -2.38. The number of halogens is 3. The minimum atomic E-state index is -4.74. The summed E-state index contributed by atoms with van der Waals surface area (Å²) in [5.74, 6) is -1.03. The zero-order valence-electron chi connectivity index (χ0n) is 17.8. The van der Waals surface area contributed by atoms with E-state index in [1.165, 1.54) is 13.2 Å². The largest absolute Gasteiger partial charge is 0.496 e. The van der Waals surface area contributed by atoms with Crippen LogP contribution in [0.25, 0.3) is 11.1 Å². The van der Waals surface area contributed by atoms with Gasteiger partial charge in [-0.15, -0.1) is 0 Å². The number of nitrogens with two attached hydrogens (primary N) is 1. The molecule has 0 radical (unpaired) electrons. The Morgan fingerprint density at radius 3 is 2.42 bits per heavy atom. The van der Waals surface area contributed by atoms with Gasteiger partial charge < -0.3 is 20.2 Å². The molecule has 1 aromatic heterocycles. The Kier molecular flexibility index (Phi) is 5.85. The van der Waals surface area contributed by atoms with Gasteiger partial charge >= 0.3 is 6.18 Å². The molecule has 0 saturated heterocycles. The van der Waals surface area contributed by atoms with Crippen molar-refractivity contribution in [1.29, 1.82) is 0 Å². The number of aldehydes is 1. The van der Waals surface area contributed by atoms with Crippen LogP contribution in [0.15, 0.2) is 24.3 Å². The Balaban J connectivity index is 1.72. The molecule has 2 aromatic rings. The van der Waals surface area contributed by atoms with Crippen molar-refractivity contribution in [2.75, 3.05) is 7.11 Å². The highest BCUT2D eigenvalue weighted by Crippen LogP contribution is 2.40. The van der Waals surface area contributed by atoms with E-state index >= 15 is 0 Å². The second-order valence-corrected chi connectivity index (χ2v) is 8.30. The third-order valence-electron chi connectivity index (χ3n) is 6.34. The number of hydrogen-bond donors (Lipinski definition) is 1. The summed E-state index contributed by atoms with van der Waals surface area (Å²) in [5.41, 5.74) is 5.10. The minimum Gasteiger partial charge on any atom is -0.496 e. The number of nitrogens with zero attached hydrogens (tertiary/aromatic N) is 2. The van der Waals surface area contributed by atoms with E-state index in [0.717, 1.165) is 44.1 Å². The molecule has 174 valence electrons. The molecule has 10 heteroatoms. The first-order valence-electron chi connectivity index (χ1n) is 10.5. The lowest BCUT2D eigenvalue weighted by Gasteiger charge is -2.32. The maximum atomic E-state index is 13.1. The van der Waals surface area contributed by atoms with E-state index in [1.807, 2.05) is 0 Å². The van der Waals surface area contributed by atoms with Crippen LogP contribution in [-0.4, -0.2) is 41.1 Å². The summed E-state index contributed by atoms with van der Waals surface area (Å²) in [6, 6.07) is 5.09. The third-order valence-corrected chi connectivity index (χ3v) is 6.34. The van der Waals surface area contributed by atoms with E-state index in [1.54, 1.807) is 11.0 Å². The topological polar surface area (TPSA) is 103 Å². The number of carbonyl (C=O) groups is 3. The summed E-state index contributed by atoms with van der Waals surface area (Å²) in [4.78, 5) is 41.3. The van der Waals surface area contributed by atoms with Gasteiger partial charge in [0.25, 0.3) is 11.8 Å². The van der Waals surface area contributed by atoms with E-state index in [0.29, 0.717) is 23.2 Å². The lowest BCUT2D eigenvalue weighted by atomic mass is 9.86. The molecule has 1 fully saturated rings. The predicted octanol–water partition coefficient (Wildman–Crippen LogP) is 3.59. The number of alkyl halides is 3. The van der Waals surface area contributed by atoms with Gasteiger partial charge in [-0.1, -0.05) is 0 Å². The van der Waals surface area contributed by atoms with Gasteiger partial charge in [0.15, 0.2) is 0 Å². The van der Waals surface area contributed by atoms with Crippen LogP contribution in [0.4, 0.5) is 13.2 Å². The van der Waals surface area contributed by atoms with Gasteiger partial charge in [0.2, 0.25) is 0 Å². The van der Waals surface area contributed by atoms with Gasteiger partial charge in [-0.2, -0.15) is 13.2 Å². The van der Waals surface area contributed by atoms with Crippen LogP contribution in [-0.2, 0) is 17.5 Å². The Bertz CT molecular complexity index is 1120. The smallest absolute Gasteiger partial charge is 0.433 e. The Hall–Kier alpha value is -3.43. The molecule has 33 heavy (non-hydrogen) atoms. The van der Waals surface area contributed by atoms with Crippen molar-refractivity contribution in [3.63, 3.8) is 0 Å². The maximum absolute atomic E-state index is 13.1. The minimum absolute atomic E-state index is 0.00413. The molecule has 1 saturated carbocycles. The average Bonchev–Trinajstić information content (AvgIpc) is 3.12. The number of aromatic nitrogens is 1. The summed E-state index contributed by atoms with van der Waals surface area (Å²) in [7, 11) is 1.37. The van der Waals surface area contributed by atoms with E-state index in [4.69, 9.17) is 10.5 Å². The molecular weight excluding hydrogens is 439 g/mol. The van der Waals surface area contributed by atoms with Crippen molar-refractivity contribution in [2.24, 2.45) is 11.7 Å². The molecule has 1 aromatic carbocycles. The van der Waals surface area contributed by atoms with Crippen LogP contribution in [0.5, 0.6) is 5.75 Å². The summed E-state index contributed by atoms with van der Waals surface area (Å²) >= 11 is 0. The Morgan fingerprint density at radius 2 is 1.85 bits per heavy atom. The summed E-state index contributed by atoms with van der Waals surface area (Å²) in [6.07, 6.45) is -0.878. The number of carbonyl (C=O) groups excluding carboxylic acids is 3. The maximum Gasteiger partial charge on any atom is 0.433 e. The normalized spacial score (nSPS) is 20.5. The van der Waals surface area contributed by atoms with E-state index in [9.17, 15) is 27.6 Å². The van der Waals surface area contributed by atoms with Gasteiger partial charge in [-0.3, -0.25) is 9.59 Å². The number of primary amides is 1. The zero-order valence-corrected chi connectivity index (χ0v) is 17.8. The van der Waals surface area contributed by atoms with E-state index in [2.05, 4.69) is 4.98 Å². The van der Waals surface area contributed by atoms with Crippen LogP contribution in [0.1, 0.15) is 57.8 Å². The molecule has 7 nitrogen and oxygen atoms in total. The number of amides is 2. The van der Waals surface area contributed by atoms with Gasteiger partial charge in [0.1, 0.15) is 23.4 Å². The fraction of sp³-hybridized carbons (Fsp3) is 0.391. The fourth-order valence-corrected chi connectivity index (χ4v) is 4.61. The molecule has 0 unspecified atom stereocenters. The second-order valence-electron chi connectivity index (χ2n) is 8.30. The number of pyridine rings is 1. The Morgan fingerprint density at radius 1 is 1.15 bits per heavy atom. The first-order valence-corrected chi connectivity index (χ1v) is 10.5. The number of methoxy groups -OCH3 is 1. The predicted molar refractivity (Wildman–Crippen MR) is 111 cm³/mol. The number of benzene rings is 1. The molecule has 0 spiro atoms. The average molecular weight is 461 g/mol. The van der Waals surface area contributed by atoms with Gasteiger partial charge in [-0.05, 0) is 55.5 Å². The van der Waals surface area contributed by atoms with Crippen LogP contribution in [0.3, 0.4) is 0 Å². The van der Waals surface area contributed by atoms with Crippen LogP contribution < -0.4 is 10.5 Å². The summed E-state index contributed by atoms with van der Waals surface area (Å²) < 4.78 is 44.7. The van der Waals surface area contributed by atoms with Crippen LogP contribution >= 0.6 is 0 Å². The molecule has 0 atom stereocenters. The van der Waals surface area contributed by atoms with Gasteiger partial charge in [-0.25, -0.2) is 4.98 Å². The van der Waals surface area contributed by atoms with Gasteiger partial charge in [0, 0.05) is 35.2 Å². The van der Waals surface area contributed by atoms with Gasteiger partial charge in [0.05, 0.1) is 7.11 Å². The van der Waals surface area contributed by atoms with Crippen LogP contribution in [0, 0.1) is 5.92 Å². The molecule has 2 amide bonds. The second kappa shape index (κ2) is 8.49. The van der Waals surface area contributed by atoms with Crippen molar-refractivity contribution in [3.05, 3.63) is 46.8 Å². The van der Waals surface area contributed by atoms with Crippen LogP contribution in [0.2, 0.25) is 0 Å². The Labute approximate surface area is 187 Å². The first-order chi connectivity index (χ1) is 15.6. The van der Waals surface area contributed by atoms with Crippen molar-refractivity contribution >= 4 is 18.1 Å². The monoisotopic (exact) mass is 461 g/mol. The number of hydrogen-bond acceptors (Lipinski definition) is 5. The quantitative estimate of drug-likeness (QED) is 0.686. The van der Waals surface area contributed by atoms with Crippen molar-refractivity contribution in [3.8, 4) is 16.9 Å². The molecule has 0 bridgehead atoms. The fourth-order valence-electron chi connectivity index (χ4n) is 4.61. The highest BCUT2D eigenvalue weighted by atomic mass is 19.4. The number of fused-ring (bicyclic) bond motifs is 1. The molecule has 2 aliphatic rings. The molecular formula is C23H22F3N3O4. The van der Waals surface area contributed by atoms with Crippen molar-refractivity contribution in [2.45, 2.75) is 44.4 Å². The molecule has 1 aliphatic carbocycles. The van der Waals surface area contributed by atoms with Crippen molar-refractivity contribution < 1.29 is 32.3 Å². The van der Waals surface area contributed by atoms with Crippen molar-refractivity contribution in [1.82, 2.24) is 9.88 Å². The SMILES string of the molecule is COc1cc2c(cc1-c1ccc(C(F)(F)F)nc1C(N)=O)CN(C1CCC(C=O)CC1)C2=O. The first kappa shape index (κ1) is 22.8. The number of ether oxygens (including phenoxy) is 1. The zero-order chi connectivity index (χ0) is 23.9. The van der Waals surface area contributed by atoms with E-state index in [-0.39, 0.29) is 29.2 Å². The third kappa shape index (κ3) is 4.17. The molecule has 1 aliphatic heterocycles. The number of rotatable bonds is 5. The lowest BCUT2D eigenvalue weighted by molar-refractivity contribution is -0.141. The summed E-state index contributed by atoms with van der Waals surface area (Å²) in [6.45, 7) is 0.321. The summed E-state index contributed by atoms with van der Waals surface area (Å²) in [5, 5.41) is 0.